The third kappa shape index (κ3) is 4.72. The van der Waals surface area contributed by atoms with Crippen LogP contribution in [0.5, 0.6) is 0 Å². The Hall–Kier alpha value is -3.70. The van der Waals surface area contributed by atoms with Crippen LogP contribution < -0.4 is 9.80 Å². The number of fused-ring (bicyclic) bond motifs is 1. The normalized spacial score (nSPS) is 16.9. The summed E-state index contributed by atoms with van der Waals surface area (Å²) >= 11 is 0. The van der Waals surface area contributed by atoms with Crippen LogP contribution in [0.2, 0.25) is 0 Å². The minimum absolute atomic E-state index is 0.214. The maximum Gasteiger partial charge on any atom is 0.418 e. The Bertz CT molecular complexity index is 1310. The summed E-state index contributed by atoms with van der Waals surface area (Å²) in [6.07, 6.45) is -1.95. The number of para-hydroxylation sites is 1. The van der Waals surface area contributed by atoms with Crippen molar-refractivity contribution >= 4 is 17.5 Å². The lowest BCUT2D eigenvalue weighted by atomic mass is 10.00. The molecule has 37 heavy (non-hydrogen) atoms. The Labute approximate surface area is 210 Å². The van der Waals surface area contributed by atoms with E-state index in [0.717, 1.165) is 10.5 Å². The van der Waals surface area contributed by atoms with Crippen molar-refractivity contribution in [2.45, 2.75) is 45.1 Å². The molecule has 0 bridgehead atoms. The van der Waals surface area contributed by atoms with E-state index in [1.807, 2.05) is 17.9 Å². The number of aromatic nitrogens is 3. The fourth-order valence-corrected chi connectivity index (χ4v) is 5.22. The molecule has 0 atom stereocenters. The molecule has 0 aliphatic carbocycles. The summed E-state index contributed by atoms with van der Waals surface area (Å²) in [4.78, 5) is 21.8. The lowest BCUT2D eigenvalue weighted by Crippen LogP contribution is -2.54. The second-order valence-electron chi connectivity index (χ2n) is 9.40. The van der Waals surface area contributed by atoms with Gasteiger partial charge in [-0.15, -0.1) is 0 Å². The third-order valence-electron chi connectivity index (χ3n) is 6.92. The summed E-state index contributed by atoms with van der Waals surface area (Å²) in [5.74, 6) is -1.15. The first-order valence-corrected chi connectivity index (χ1v) is 11.9. The number of amides is 2. The van der Waals surface area contributed by atoms with Gasteiger partial charge in [-0.3, -0.25) is 9.58 Å². The summed E-state index contributed by atoms with van der Waals surface area (Å²) in [5, 5.41) is 4.29. The van der Waals surface area contributed by atoms with Crippen LogP contribution in [0.4, 0.5) is 38.3 Å². The first-order chi connectivity index (χ1) is 17.5. The van der Waals surface area contributed by atoms with Crippen LogP contribution in [0.3, 0.4) is 0 Å². The Morgan fingerprint density at radius 3 is 2.49 bits per heavy atom. The van der Waals surface area contributed by atoms with E-state index >= 15 is 0 Å². The molecule has 1 saturated heterocycles. The molecule has 12 heteroatoms. The van der Waals surface area contributed by atoms with E-state index in [1.54, 1.807) is 24.2 Å². The number of alkyl halides is 3. The Balaban J connectivity index is 1.41. The molecular weight excluding hydrogens is 495 g/mol. The van der Waals surface area contributed by atoms with Gasteiger partial charge in [-0.1, -0.05) is 12.1 Å². The molecule has 196 valence electrons. The third-order valence-corrected chi connectivity index (χ3v) is 6.92. The van der Waals surface area contributed by atoms with E-state index in [4.69, 9.17) is 0 Å². The highest BCUT2D eigenvalue weighted by molar-refractivity contribution is 5.93. The SMILES string of the molecule is Cc1cccc(F)c1N1CCC(N2Cc3cn(C)nc3N(Cc3nc(F)ccc3C(F)(F)F)C2=O)CC1. The molecule has 5 rings (SSSR count). The van der Waals surface area contributed by atoms with Crippen molar-refractivity contribution in [2.24, 2.45) is 7.05 Å². The van der Waals surface area contributed by atoms with Gasteiger partial charge < -0.3 is 9.80 Å². The molecule has 1 fully saturated rings. The van der Waals surface area contributed by atoms with Crippen LogP contribution in [-0.4, -0.2) is 44.8 Å². The fourth-order valence-electron chi connectivity index (χ4n) is 5.22. The van der Waals surface area contributed by atoms with Crippen molar-refractivity contribution < 1.29 is 26.7 Å². The van der Waals surface area contributed by atoms with E-state index in [-0.39, 0.29) is 24.2 Å². The first-order valence-electron chi connectivity index (χ1n) is 11.9. The lowest BCUT2D eigenvalue weighted by Gasteiger charge is -2.43. The molecule has 0 saturated carbocycles. The summed E-state index contributed by atoms with van der Waals surface area (Å²) in [7, 11) is 1.65. The summed E-state index contributed by atoms with van der Waals surface area (Å²) in [5.41, 5.74) is 0.328. The number of nitrogens with zero attached hydrogens (tertiary/aromatic N) is 6. The highest BCUT2D eigenvalue weighted by Gasteiger charge is 2.40. The van der Waals surface area contributed by atoms with Crippen LogP contribution >= 0.6 is 0 Å². The number of benzene rings is 1. The van der Waals surface area contributed by atoms with Crippen molar-refractivity contribution in [2.75, 3.05) is 22.9 Å². The van der Waals surface area contributed by atoms with E-state index in [9.17, 15) is 26.7 Å². The standard InChI is InChI=1S/C25H25F5N6O/c1-15-4-3-5-19(26)22(15)34-10-8-17(9-11-34)35-13-16-12-33(2)32-23(16)36(24(35)37)14-20-18(25(28,29)30)6-7-21(27)31-20/h3-7,12,17H,8-11,13-14H2,1-2H3. The van der Waals surface area contributed by atoms with Gasteiger partial charge in [0.2, 0.25) is 5.95 Å². The lowest BCUT2D eigenvalue weighted by molar-refractivity contribution is -0.138. The minimum atomic E-state index is -4.76. The molecule has 7 nitrogen and oxygen atoms in total. The molecule has 2 amide bonds. The second-order valence-corrected chi connectivity index (χ2v) is 9.40. The highest BCUT2D eigenvalue weighted by Crippen LogP contribution is 2.36. The highest BCUT2D eigenvalue weighted by atomic mass is 19.4. The zero-order chi connectivity index (χ0) is 26.5. The average molecular weight is 521 g/mol. The van der Waals surface area contributed by atoms with Crippen LogP contribution in [0.15, 0.2) is 36.5 Å². The van der Waals surface area contributed by atoms with E-state index in [2.05, 4.69) is 10.1 Å². The molecule has 2 aliphatic heterocycles. The van der Waals surface area contributed by atoms with Gasteiger partial charge in [-0.05, 0) is 43.5 Å². The van der Waals surface area contributed by atoms with E-state index in [1.165, 1.54) is 10.7 Å². The number of hydrogen-bond acceptors (Lipinski definition) is 4. The van der Waals surface area contributed by atoms with Gasteiger partial charge in [0.05, 0.1) is 30.0 Å². The van der Waals surface area contributed by atoms with E-state index in [0.29, 0.717) is 49.3 Å². The molecule has 0 spiro atoms. The summed E-state index contributed by atoms with van der Waals surface area (Å²) in [6.45, 7) is 2.53. The molecule has 1 aromatic carbocycles. The number of pyridine rings is 1. The topological polar surface area (TPSA) is 57.5 Å². The maximum absolute atomic E-state index is 14.5. The molecule has 2 aliphatic rings. The molecular formula is C25H25F5N6O. The Morgan fingerprint density at radius 1 is 1.08 bits per heavy atom. The monoisotopic (exact) mass is 520 g/mol. The molecule has 2 aromatic heterocycles. The van der Waals surface area contributed by atoms with Crippen molar-refractivity contribution in [3.8, 4) is 0 Å². The average Bonchev–Trinajstić information content (AvgIpc) is 3.20. The zero-order valence-corrected chi connectivity index (χ0v) is 20.3. The number of carbonyl (C=O) groups excluding carboxylic acids is 1. The quantitative estimate of drug-likeness (QED) is 0.358. The van der Waals surface area contributed by atoms with Gasteiger partial charge >= 0.3 is 12.2 Å². The number of rotatable bonds is 4. The number of piperidine rings is 1. The zero-order valence-electron chi connectivity index (χ0n) is 20.3. The number of halogens is 5. The van der Waals surface area contributed by atoms with Gasteiger partial charge in [-0.2, -0.15) is 22.7 Å². The van der Waals surface area contributed by atoms with Gasteiger partial charge in [0.1, 0.15) is 5.82 Å². The van der Waals surface area contributed by atoms with Crippen molar-refractivity contribution in [1.29, 1.82) is 0 Å². The fraction of sp³-hybridized carbons (Fsp3) is 0.400. The smallest absolute Gasteiger partial charge is 0.369 e. The maximum atomic E-state index is 14.5. The van der Waals surface area contributed by atoms with E-state index < -0.39 is 36.0 Å². The molecule has 0 radical (unpaired) electrons. The van der Waals surface area contributed by atoms with Gasteiger partial charge in [0.15, 0.2) is 5.82 Å². The van der Waals surface area contributed by atoms with Crippen LogP contribution in [-0.2, 0) is 26.3 Å². The van der Waals surface area contributed by atoms with Crippen molar-refractivity contribution in [1.82, 2.24) is 19.7 Å². The number of urea groups is 1. The number of carbonyl (C=O) groups is 1. The molecule has 4 heterocycles. The van der Waals surface area contributed by atoms with Gasteiger partial charge in [0.25, 0.3) is 0 Å². The Morgan fingerprint density at radius 2 is 1.81 bits per heavy atom. The van der Waals surface area contributed by atoms with Crippen LogP contribution in [0, 0.1) is 18.7 Å². The predicted molar refractivity (Wildman–Crippen MR) is 126 cm³/mol. The second kappa shape index (κ2) is 9.31. The Kier molecular flexibility index (Phi) is 6.28. The first kappa shape index (κ1) is 25.0. The minimum Gasteiger partial charge on any atom is -0.369 e. The van der Waals surface area contributed by atoms with Gasteiger partial charge in [0, 0.05) is 37.9 Å². The van der Waals surface area contributed by atoms with Gasteiger partial charge in [-0.25, -0.2) is 14.2 Å². The van der Waals surface area contributed by atoms with Crippen molar-refractivity contribution in [3.05, 3.63) is 70.7 Å². The summed E-state index contributed by atoms with van der Waals surface area (Å²) < 4.78 is 70.6. The van der Waals surface area contributed by atoms with Crippen molar-refractivity contribution in [3.63, 3.8) is 0 Å². The molecule has 0 unspecified atom stereocenters. The number of hydrogen-bond donors (Lipinski definition) is 0. The number of aryl methyl sites for hydroxylation is 2. The predicted octanol–water partition coefficient (Wildman–Crippen LogP) is 5.03. The van der Waals surface area contributed by atoms with Crippen LogP contribution in [0.25, 0.3) is 0 Å². The largest absolute Gasteiger partial charge is 0.418 e. The van der Waals surface area contributed by atoms with Crippen LogP contribution in [0.1, 0.15) is 35.2 Å². The summed E-state index contributed by atoms with van der Waals surface area (Å²) in [6, 6.07) is 5.46. The number of anilines is 2. The molecule has 0 N–H and O–H groups in total. The molecule has 3 aromatic rings.